The third-order valence-corrected chi connectivity index (χ3v) is 6.42. The highest BCUT2D eigenvalue weighted by atomic mass is 16.6. The van der Waals surface area contributed by atoms with E-state index in [0.717, 1.165) is 12.8 Å². The Bertz CT molecular complexity index is 584. The number of epoxide rings is 1. The molecule has 120 valence electrons. The zero-order valence-electron chi connectivity index (χ0n) is 13.3. The molecule has 0 amide bonds. The standard InChI is InChI=1S/C17H22O5/c1-8-5-12-11(9(2)15(19)20-12)6-13-16(4)14(22-16)7-17(8,13)21-10(3)18/h8,11-14H,2,5-7H2,1,3-4H3/t8-,11+,12+,13+,14+,16-,17-/m1/s1. The smallest absolute Gasteiger partial charge is 0.334 e. The van der Waals surface area contributed by atoms with Crippen molar-refractivity contribution < 1.29 is 23.8 Å². The van der Waals surface area contributed by atoms with Gasteiger partial charge >= 0.3 is 11.9 Å². The zero-order valence-corrected chi connectivity index (χ0v) is 13.3. The Morgan fingerprint density at radius 1 is 1.41 bits per heavy atom. The molecule has 0 radical (unpaired) electrons. The molecule has 5 nitrogen and oxygen atoms in total. The number of rotatable bonds is 1. The summed E-state index contributed by atoms with van der Waals surface area (Å²) in [4.78, 5) is 23.6. The van der Waals surface area contributed by atoms with Crippen molar-refractivity contribution >= 4 is 11.9 Å². The number of hydrogen-bond donors (Lipinski definition) is 0. The average molecular weight is 306 g/mol. The predicted octanol–water partition coefficient (Wildman–Crippen LogP) is 1.99. The Morgan fingerprint density at radius 3 is 2.82 bits per heavy atom. The maximum Gasteiger partial charge on any atom is 0.334 e. The Kier molecular flexibility index (Phi) is 2.68. The highest BCUT2D eigenvalue weighted by Crippen LogP contribution is 2.65. The monoisotopic (exact) mass is 306 g/mol. The Labute approximate surface area is 130 Å². The van der Waals surface area contributed by atoms with Gasteiger partial charge in [0.15, 0.2) is 0 Å². The summed E-state index contributed by atoms with van der Waals surface area (Å²) in [6.45, 7) is 9.59. The number of ether oxygens (including phenoxy) is 3. The van der Waals surface area contributed by atoms with E-state index in [2.05, 4.69) is 20.4 Å². The van der Waals surface area contributed by atoms with Gasteiger partial charge in [0.25, 0.3) is 0 Å². The van der Waals surface area contributed by atoms with Gasteiger partial charge in [-0.05, 0) is 25.7 Å². The number of esters is 2. The summed E-state index contributed by atoms with van der Waals surface area (Å²) >= 11 is 0. The first-order valence-corrected chi connectivity index (χ1v) is 8.05. The van der Waals surface area contributed by atoms with Crippen LogP contribution in [-0.4, -0.2) is 35.3 Å². The summed E-state index contributed by atoms with van der Waals surface area (Å²) in [6.07, 6.45) is 2.20. The summed E-state index contributed by atoms with van der Waals surface area (Å²) in [7, 11) is 0. The summed E-state index contributed by atoms with van der Waals surface area (Å²) < 4.78 is 17.3. The average Bonchev–Trinajstić information content (AvgIpc) is 2.93. The minimum atomic E-state index is -0.499. The van der Waals surface area contributed by atoms with Crippen LogP contribution in [0.2, 0.25) is 0 Å². The van der Waals surface area contributed by atoms with E-state index < -0.39 is 5.60 Å². The zero-order chi connectivity index (χ0) is 15.9. The van der Waals surface area contributed by atoms with E-state index in [1.165, 1.54) is 6.92 Å². The van der Waals surface area contributed by atoms with Crippen LogP contribution >= 0.6 is 0 Å². The fourth-order valence-corrected chi connectivity index (χ4v) is 5.18. The first-order chi connectivity index (χ1) is 10.3. The van der Waals surface area contributed by atoms with Crippen LogP contribution in [0, 0.1) is 17.8 Å². The lowest BCUT2D eigenvalue weighted by molar-refractivity contribution is -0.177. The van der Waals surface area contributed by atoms with E-state index in [4.69, 9.17) is 14.2 Å². The maximum atomic E-state index is 11.8. The molecule has 0 aromatic heterocycles. The summed E-state index contributed by atoms with van der Waals surface area (Å²) in [5.74, 6) is -0.297. The van der Waals surface area contributed by atoms with Crippen molar-refractivity contribution in [3.8, 4) is 0 Å². The molecule has 5 heteroatoms. The van der Waals surface area contributed by atoms with E-state index in [0.29, 0.717) is 12.0 Å². The van der Waals surface area contributed by atoms with Crippen molar-refractivity contribution in [2.24, 2.45) is 17.8 Å². The third kappa shape index (κ3) is 1.63. The molecule has 4 aliphatic rings. The molecule has 2 saturated carbocycles. The molecule has 0 aromatic carbocycles. The van der Waals surface area contributed by atoms with Crippen LogP contribution in [0.3, 0.4) is 0 Å². The van der Waals surface area contributed by atoms with E-state index in [1.54, 1.807) is 0 Å². The van der Waals surface area contributed by atoms with Crippen LogP contribution in [-0.2, 0) is 23.8 Å². The van der Waals surface area contributed by atoms with Gasteiger partial charge in [0, 0.05) is 30.8 Å². The molecule has 0 N–H and O–H groups in total. The SMILES string of the molecule is C=C1C(=O)O[C@H]2C[C@@H](C)[C@]3(OC(C)=O)C[C@@H]4O[C@]4(C)[C@@H]3C[C@@H]12. The first-order valence-electron chi connectivity index (χ1n) is 8.05. The van der Waals surface area contributed by atoms with E-state index in [-0.39, 0.29) is 47.5 Å². The molecule has 0 aromatic rings. The van der Waals surface area contributed by atoms with Crippen LogP contribution in [0.25, 0.3) is 0 Å². The molecule has 2 heterocycles. The van der Waals surface area contributed by atoms with Crippen molar-refractivity contribution in [3.63, 3.8) is 0 Å². The van der Waals surface area contributed by atoms with E-state index in [9.17, 15) is 9.59 Å². The lowest BCUT2D eigenvalue weighted by atomic mass is 9.74. The van der Waals surface area contributed by atoms with Crippen molar-refractivity contribution in [1.29, 1.82) is 0 Å². The molecular formula is C17H22O5. The Balaban J connectivity index is 1.74. The lowest BCUT2D eigenvalue weighted by Gasteiger charge is -2.41. The maximum absolute atomic E-state index is 11.8. The number of carbonyl (C=O) groups is 2. The number of fused-ring (bicyclic) bond motifs is 4. The molecule has 4 fully saturated rings. The highest BCUT2D eigenvalue weighted by Gasteiger charge is 2.75. The molecule has 22 heavy (non-hydrogen) atoms. The predicted molar refractivity (Wildman–Crippen MR) is 76.8 cm³/mol. The fourth-order valence-electron chi connectivity index (χ4n) is 5.18. The number of carbonyl (C=O) groups excluding carboxylic acids is 2. The van der Waals surface area contributed by atoms with Gasteiger partial charge in [-0.15, -0.1) is 0 Å². The molecule has 0 bridgehead atoms. The normalized spacial score (nSPS) is 52.2. The van der Waals surface area contributed by atoms with Crippen molar-refractivity contribution in [2.45, 2.75) is 63.4 Å². The van der Waals surface area contributed by atoms with Gasteiger partial charge in [0.1, 0.15) is 11.7 Å². The fraction of sp³-hybridized carbons (Fsp3) is 0.765. The molecular weight excluding hydrogens is 284 g/mol. The highest BCUT2D eigenvalue weighted by molar-refractivity contribution is 5.90. The largest absolute Gasteiger partial charge is 0.458 e. The minimum Gasteiger partial charge on any atom is -0.458 e. The van der Waals surface area contributed by atoms with Crippen LogP contribution in [0.4, 0.5) is 0 Å². The van der Waals surface area contributed by atoms with Crippen LogP contribution < -0.4 is 0 Å². The van der Waals surface area contributed by atoms with Gasteiger partial charge in [-0.25, -0.2) is 4.79 Å². The molecule has 0 unspecified atom stereocenters. The first kappa shape index (κ1) is 14.2. The molecule has 2 aliphatic heterocycles. The minimum absolute atomic E-state index is 0.0113. The van der Waals surface area contributed by atoms with E-state index >= 15 is 0 Å². The van der Waals surface area contributed by atoms with Crippen molar-refractivity contribution in [2.75, 3.05) is 0 Å². The quantitative estimate of drug-likeness (QED) is 0.421. The second-order valence-electron chi connectivity index (χ2n) is 7.54. The molecule has 0 spiro atoms. The molecule has 2 saturated heterocycles. The lowest BCUT2D eigenvalue weighted by Crippen LogP contribution is -2.48. The van der Waals surface area contributed by atoms with Gasteiger partial charge in [-0.2, -0.15) is 0 Å². The Hall–Kier alpha value is -1.36. The molecule has 7 atom stereocenters. The van der Waals surface area contributed by atoms with E-state index in [1.807, 2.05) is 0 Å². The third-order valence-electron chi connectivity index (χ3n) is 6.42. The van der Waals surface area contributed by atoms with Crippen LogP contribution in [0.1, 0.15) is 40.0 Å². The summed E-state index contributed by atoms with van der Waals surface area (Å²) in [5, 5.41) is 0. The summed E-state index contributed by atoms with van der Waals surface area (Å²) in [6, 6.07) is 0. The van der Waals surface area contributed by atoms with Gasteiger partial charge < -0.3 is 14.2 Å². The molecule has 2 aliphatic carbocycles. The second kappa shape index (κ2) is 4.13. The topological polar surface area (TPSA) is 65.1 Å². The van der Waals surface area contributed by atoms with Gasteiger partial charge in [-0.1, -0.05) is 13.5 Å². The van der Waals surface area contributed by atoms with Crippen LogP contribution in [0.5, 0.6) is 0 Å². The van der Waals surface area contributed by atoms with Crippen molar-refractivity contribution in [3.05, 3.63) is 12.2 Å². The summed E-state index contributed by atoms with van der Waals surface area (Å²) in [5.41, 5.74) is -0.186. The van der Waals surface area contributed by atoms with Gasteiger partial charge in [0.2, 0.25) is 0 Å². The second-order valence-corrected chi connectivity index (χ2v) is 7.54. The van der Waals surface area contributed by atoms with Gasteiger partial charge in [-0.3, -0.25) is 4.79 Å². The van der Waals surface area contributed by atoms with Gasteiger partial charge in [0.05, 0.1) is 11.7 Å². The molecule has 4 rings (SSSR count). The number of hydrogen-bond acceptors (Lipinski definition) is 5. The van der Waals surface area contributed by atoms with Crippen molar-refractivity contribution in [1.82, 2.24) is 0 Å². The Morgan fingerprint density at radius 2 is 2.14 bits per heavy atom. The van der Waals surface area contributed by atoms with Crippen LogP contribution in [0.15, 0.2) is 12.2 Å².